The highest BCUT2D eigenvalue weighted by Crippen LogP contribution is 2.21. The molecule has 3 heterocycles. The molecule has 0 saturated carbocycles. The van der Waals surface area contributed by atoms with Crippen molar-refractivity contribution in [3.05, 3.63) is 30.2 Å². The average molecular weight is 276 g/mol. The summed E-state index contributed by atoms with van der Waals surface area (Å²) in [5.41, 5.74) is 0.646. The fourth-order valence-electron chi connectivity index (χ4n) is 1.99. The molecular formula is C13H12N2O5. The number of carbonyl (C=O) groups is 2. The van der Waals surface area contributed by atoms with Crippen LogP contribution in [0.15, 0.2) is 28.9 Å². The Kier molecular flexibility index (Phi) is 3.02. The molecule has 0 spiro atoms. The molecule has 0 radical (unpaired) electrons. The van der Waals surface area contributed by atoms with Gasteiger partial charge in [-0.05, 0) is 19.1 Å². The predicted molar refractivity (Wildman–Crippen MR) is 65.7 cm³/mol. The molecule has 7 heteroatoms. The first-order valence-corrected chi connectivity index (χ1v) is 6.14. The molecule has 20 heavy (non-hydrogen) atoms. The molecule has 104 valence electrons. The number of carbonyl (C=O) groups excluding carboxylic acids is 2. The smallest absolute Gasteiger partial charge is 0.357 e. The second kappa shape index (κ2) is 4.84. The van der Waals surface area contributed by atoms with E-state index in [9.17, 15) is 9.59 Å². The van der Waals surface area contributed by atoms with Crippen molar-refractivity contribution in [1.29, 1.82) is 0 Å². The Bertz CT molecular complexity index is 631. The maximum Gasteiger partial charge on any atom is 0.357 e. The topological polar surface area (TPSA) is 94.4 Å². The molecule has 0 aliphatic carbocycles. The molecule has 1 fully saturated rings. The third kappa shape index (κ3) is 2.29. The molecule has 2 unspecified atom stereocenters. The lowest BCUT2D eigenvalue weighted by molar-refractivity contribution is -0.147. The minimum absolute atomic E-state index is 0.156. The highest BCUT2D eigenvalue weighted by Gasteiger charge is 2.35. The van der Waals surface area contributed by atoms with Gasteiger partial charge in [-0.1, -0.05) is 0 Å². The van der Waals surface area contributed by atoms with Gasteiger partial charge in [0, 0.05) is 12.5 Å². The van der Waals surface area contributed by atoms with Crippen LogP contribution >= 0.6 is 0 Å². The van der Waals surface area contributed by atoms with E-state index in [1.54, 1.807) is 19.1 Å². The van der Waals surface area contributed by atoms with Crippen LogP contribution in [-0.4, -0.2) is 34.3 Å². The van der Waals surface area contributed by atoms with Crippen molar-refractivity contribution in [1.82, 2.24) is 10.2 Å². The van der Waals surface area contributed by atoms with E-state index in [1.807, 2.05) is 0 Å². The number of hydrogen-bond donors (Lipinski definition) is 1. The van der Waals surface area contributed by atoms with E-state index in [-0.39, 0.29) is 11.8 Å². The van der Waals surface area contributed by atoms with Gasteiger partial charge in [0.05, 0.1) is 6.26 Å². The molecule has 1 saturated heterocycles. The van der Waals surface area contributed by atoms with Gasteiger partial charge in [-0.25, -0.2) is 9.59 Å². The zero-order valence-electron chi connectivity index (χ0n) is 10.7. The number of esters is 2. The van der Waals surface area contributed by atoms with Crippen LogP contribution in [0.25, 0.3) is 11.5 Å². The van der Waals surface area contributed by atoms with Gasteiger partial charge in [0.15, 0.2) is 5.76 Å². The number of cyclic esters (lactones) is 1. The summed E-state index contributed by atoms with van der Waals surface area (Å²) >= 11 is 0. The summed E-state index contributed by atoms with van der Waals surface area (Å²) in [7, 11) is 0. The van der Waals surface area contributed by atoms with Gasteiger partial charge >= 0.3 is 11.9 Å². The van der Waals surface area contributed by atoms with Crippen LogP contribution in [0.4, 0.5) is 0 Å². The molecule has 0 aromatic carbocycles. The Balaban J connectivity index is 1.70. The number of aromatic nitrogens is 2. The average Bonchev–Trinajstić information content (AvgIpc) is 3.11. The lowest BCUT2D eigenvalue weighted by Crippen LogP contribution is -2.22. The number of furan rings is 1. The summed E-state index contributed by atoms with van der Waals surface area (Å²) in [6.07, 6.45) is 0.787. The van der Waals surface area contributed by atoms with E-state index < -0.39 is 18.0 Å². The molecule has 1 N–H and O–H groups in total. The zero-order valence-corrected chi connectivity index (χ0v) is 10.7. The molecular weight excluding hydrogens is 264 g/mol. The van der Waals surface area contributed by atoms with Gasteiger partial charge in [-0.3, -0.25) is 5.10 Å². The Morgan fingerprint density at radius 1 is 1.55 bits per heavy atom. The minimum atomic E-state index is -0.854. The third-order valence-electron chi connectivity index (χ3n) is 2.95. The van der Waals surface area contributed by atoms with Crippen LogP contribution in [0.1, 0.15) is 23.8 Å². The van der Waals surface area contributed by atoms with Gasteiger partial charge in [-0.15, -0.1) is 0 Å². The Morgan fingerprint density at radius 2 is 2.40 bits per heavy atom. The van der Waals surface area contributed by atoms with Gasteiger partial charge in [0.2, 0.25) is 6.10 Å². The largest absolute Gasteiger partial charge is 0.463 e. The summed E-state index contributed by atoms with van der Waals surface area (Å²) in [6, 6.07) is 4.95. The maximum absolute atomic E-state index is 11.9. The van der Waals surface area contributed by atoms with Crippen LogP contribution in [0.5, 0.6) is 0 Å². The number of hydrogen-bond acceptors (Lipinski definition) is 6. The summed E-state index contributed by atoms with van der Waals surface area (Å²) in [4.78, 5) is 23.3. The molecule has 3 rings (SSSR count). The monoisotopic (exact) mass is 276 g/mol. The van der Waals surface area contributed by atoms with Crippen molar-refractivity contribution < 1.29 is 23.5 Å². The number of rotatable bonds is 3. The summed E-state index contributed by atoms with van der Waals surface area (Å²) < 4.78 is 15.2. The zero-order chi connectivity index (χ0) is 14.1. The van der Waals surface area contributed by atoms with Gasteiger partial charge in [0.25, 0.3) is 0 Å². The number of aromatic amines is 1. The van der Waals surface area contributed by atoms with Crippen LogP contribution in [0.3, 0.4) is 0 Å². The molecule has 1 aliphatic heterocycles. The summed E-state index contributed by atoms with van der Waals surface area (Å²) in [5.74, 6) is -0.628. The Labute approximate surface area is 113 Å². The van der Waals surface area contributed by atoms with E-state index in [1.165, 1.54) is 12.3 Å². The maximum atomic E-state index is 11.9. The highest BCUT2D eigenvalue weighted by molar-refractivity contribution is 5.91. The van der Waals surface area contributed by atoms with E-state index in [4.69, 9.17) is 13.9 Å². The number of nitrogens with one attached hydrogen (secondary N) is 1. The van der Waals surface area contributed by atoms with Gasteiger partial charge in [-0.2, -0.15) is 5.10 Å². The number of nitrogens with zero attached hydrogens (tertiary/aromatic N) is 1. The van der Waals surface area contributed by atoms with Gasteiger partial charge in [0.1, 0.15) is 17.5 Å². The van der Waals surface area contributed by atoms with E-state index >= 15 is 0 Å². The van der Waals surface area contributed by atoms with E-state index in [0.29, 0.717) is 17.9 Å². The van der Waals surface area contributed by atoms with E-state index in [2.05, 4.69) is 10.2 Å². The molecule has 2 aromatic rings. The first-order valence-electron chi connectivity index (χ1n) is 6.14. The number of H-pyrrole nitrogens is 1. The quantitative estimate of drug-likeness (QED) is 0.854. The van der Waals surface area contributed by atoms with Crippen molar-refractivity contribution in [3.63, 3.8) is 0 Å². The second-order valence-electron chi connectivity index (χ2n) is 4.52. The predicted octanol–water partition coefficient (Wildman–Crippen LogP) is 1.53. The third-order valence-corrected chi connectivity index (χ3v) is 2.95. The van der Waals surface area contributed by atoms with Crippen molar-refractivity contribution in [2.24, 2.45) is 0 Å². The Morgan fingerprint density at radius 3 is 3.05 bits per heavy atom. The first kappa shape index (κ1) is 12.5. The number of ether oxygens (including phenoxy) is 2. The molecule has 2 atom stereocenters. The van der Waals surface area contributed by atoms with Gasteiger partial charge < -0.3 is 13.9 Å². The molecule has 1 aliphatic rings. The van der Waals surface area contributed by atoms with Crippen LogP contribution in [0.2, 0.25) is 0 Å². The molecule has 0 amide bonds. The van der Waals surface area contributed by atoms with Crippen molar-refractivity contribution in [3.8, 4) is 11.5 Å². The molecule has 7 nitrogen and oxygen atoms in total. The SMILES string of the molecule is CC1CC(OC(=O)c2cc(-c3ccco3)n[nH]2)C(=O)O1. The lowest BCUT2D eigenvalue weighted by atomic mass is 10.2. The van der Waals surface area contributed by atoms with Crippen molar-refractivity contribution in [2.75, 3.05) is 0 Å². The highest BCUT2D eigenvalue weighted by atomic mass is 16.6. The second-order valence-corrected chi connectivity index (χ2v) is 4.52. The van der Waals surface area contributed by atoms with Crippen LogP contribution in [0, 0.1) is 0 Å². The van der Waals surface area contributed by atoms with Crippen molar-refractivity contribution >= 4 is 11.9 Å². The standard InChI is InChI=1S/C13H12N2O5/c1-7-5-11(13(17)19-7)20-12(16)9-6-8(14-15-9)10-3-2-4-18-10/h2-4,6-7,11H,5H2,1H3,(H,14,15). The fraction of sp³-hybridized carbons (Fsp3) is 0.308. The molecule has 2 aromatic heterocycles. The Hall–Kier alpha value is -2.57. The van der Waals surface area contributed by atoms with Crippen molar-refractivity contribution in [2.45, 2.75) is 25.6 Å². The fourth-order valence-corrected chi connectivity index (χ4v) is 1.99. The lowest BCUT2D eigenvalue weighted by Gasteiger charge is -2.06. The van der Waals surface area contributed by atoms with E-state index in [0.717, 1.165) is 0 Å². The normalized spacial score (nSPS) is 21.8. The summed E-state index contributed by atoms with van der Waals surface area (Å²) in [6.45, 7) is 1.75. The van der Waals surface area contributed by atoms with Crippen LogP contribution in [-0.2, 0) is 14.3 Å². The molecule has 0 bridgehead atoms. The summed E-state index contributed by atoms with van der Waals surface area (Å²) in [5, 5.41) is 6.51. The first-order chi connectivity index (χ1) is 9.63. The minimum Gasteiger partial charge on any atom is -0.463 e. The van der Waals surface area contributed by atoms with Crippen LogP contribution < -0.4 is 0 Å².